The van der Waals surface area contributed by atoms with Gasteiger partial charge in [-0.25, -0.2) is 0 Å². The number of halogens is 1. The maximum absolute atomic E-state index is 12.3. The topological polar surface area (TPSA) is 41.1 Å². The van der Waals surface area contributed by atoms with E-state index in [2.05, 4.69) is 43.5 Å². The SMILES string of the molecule is CC(C(=O)NC(C)C(C)(C)c1ccccc1)C1CNC1.Cl. The standard InChI is InChI=1S/C17H26N2O.ClH/c1-12(14-10-18-11-14)16(20)19-13(2)17(3,4)15-8-6-5-7-9-15;/h5-9,12-14,18H,10-11H2,1-4H3,(H,19,20);1H. The lowest BCUT2D eigenvalue weighted by Gasteiger charge is -2.36. The van der Waals surface area contributed by atoms with Crippen LogP contribution in [0.3, 0.4) is 0 Å². The van der Waals surface area contributed by atoms with Gasteiger partial charge in [0.05, 0.1) is 0 Å². The lowest BCUT2D eigenvalue weighted by molar-refractivity contribution is -0.127. The highest BCUT2D eigenvalue weighted by molar-refractivity contribution is 5.85. The molecule has 0 aromatic heterocycles. The molecule has 1 amide bonds. The Bertz CT molecular complexity index is 457. The number of carbonyl (C=O) groups excluding carboxylic acids is 1. The molecule has 1 aliphatic rings. The number of nitrogens with one attached hydrogen (secondary N) is 2. The molecule has 2 N–H and O–H groups in total. The largest absolute Gasteiger partial charge is 0.353 e. The maximum Gasteiger partial charge on any atom is 0.223 e. The van der Waals surface area contributed by atoms with E-state index in [0.717, 1.165) is 13.1 Å². The molecule has 2 rings (SSSR count). The van der Waals surface area contributed by atoms with E-state index in [1.54, 1.807) is 0 Å². The lowest BCUT2D eigenvalue weighted by Crippen LogP contribution is -2.53. The van der Waals surface area contributed by atoms with Crippen molar-refractivity contribution in [1.82, 2.24) is 10.6 Å². The Morgan fingerprint density at radius 1 is 1.24 bits per heavy atom. The van der Waals surface area contributed by atoms with E-state index >= 15 is 0 Å². The van der Waals surface area contributed by atoms with E-state index in [1.807, 2.05) is 25.1 Å². The quantitative estimate of drug-likeness (QED) is 0.878. The fourth-order valence-electron chi connectivity index (χ4n) is 2.52. The van der Waals surface area contributed by atoms with Gasteiger partial charge in [0.1, 0.15) is 0 Å². The van der Waals surface area contributed by atoms with E-state index in [4.69, 9.17) is 0 Å². The second kappa shape index (κ2) is 7.28. The maximum atomic E-state index is 12.3. The third kappa shape index (κ3) is 3.98. The van der Waals surface area contributed by atoms with Crippen LogP contribution in [-0.2, 0) is 10.2 Å². The van der Waals surface area contributed by atoms with Crippen LogP contribution in [0.4, 0.5) is 0 Å². The Balaban J connectivity index is 0.00000220. The van der Waals surface area contributed by atoms with Crippen molar-refractivity contribution in [3.05, 3.63) is 35.9 Å². The van der Waals surface area contributed by atoms with E-state index in [9.17, 15) is 4.79 Å². The van der Waals surface area contributed by atoms with Crippen molar-refractivity contribution in [3.8, 4) is 0 Å². The fourth-order valence-corrected chi connectivity index (χ4v) is 2.52. The third-order valence-corrected chi connectivity index (χ3v) is 4.89. The van der Waals surface area contributed by atoms with Crippen molar-refractivity contribution < 1.29 is 4.79 Å². The van der Waals surface area contributed by atoms with E-state index in [0.29, 0.717) is 5.92 Å². The summed E-state index contributed by atoms with van der Waals surface area (Å²) < 4.78 is 0. The molecule has 1 saturated heterocycles. The van der Waals surface area contributed by atoms with Crippen LogP contribution in [0.2, 0.25) is 0 Å². The smallest absolute Gasteiger partial charge is 0.223 e. The number of benzene rings is 1. The molecule has 118 valence electrons. The molecule has 1 aromatic carbocycles. The van der Waals surface area contributed by atoms with Crippen molar-refractivity contribution in [2.75, 3.05) is 13.1 Å². The van der Waals surface area contributed by atoms with Gasteiger partial charge in [-0.05, 0) is 31.5 Å². The lowest BCUT2D eigenvalue weighted by atomic mass is 9.78. The molecule has 0 spiro atoms. The van der Waals surface area contributed by atoms with Gasteiger partial charge in [-0.3, -0.25) is 4.79 Å². The first-order chi connectivity index (χ1) is 9.43. The summed E-state index contributed by atoms with van der Waals surface area (Å²) in [5.41, 5.74) is 1.18. The van der Waals surface area contributed by atoms with Gasteiger partial charge in [0.25, 0.3) is 0 Å². The van der Waals surface area contributed by atoms with Gasteiger partial charge in [-0.2, -0.15) is 0 Å². The summed E-state index contributed by atoms with van der Waals surface area (Å²) in [6.45, 7) is 10.4. The number of hydrogen-bond donors (Lipinski definition) is 2. The van der Waals surface area contributed by atoms with Crippen LogP contribution in [0.15, 0.2) is 30.3 Å². The van der Waals surface area contributed by atoms with Crippen LogP contribution in [0, 0.1) is 11.8 Å². The molecule has 4 heteroatoms. The summed E-state index contributed by atoms with van der Waals surface area (Å²) in [5.74, 6) is 0.750. The van der Waals surface area contributed by atoms with Gasteiger partial charge in [-0.15, -0.1) is 12.4 Å². The van der Waals surface area contributed by atoms with Gasteiger partial charge in [0, 0.05) is 17.4 Å². The minimum Gasteiger partial charge on any atom is -0.353 e. The number of amides is 1. The third-order valence-electron chi connectivity index (χ3n) is 4.89. The van der Waals surface area contributed by atoms with E-state index in [-0.39, 0.29) is 35.7 Å². The molecule has 3 nitrogen and oxygen atoms in total. The Hall–Kier alpha value is -1.06. The number of hydrogen-bond acceptors (Lipinski definition) is 2. The van der Waals surface area contributed by atoms with Crippen LogP contribution >= 0.6 is 12.4 Å². The molecule has 0 bridgehead atoms. The molecule has 1 aliphatic heterocycles. The van der Waals surface area contributed by atoms with Crippen molar-refractivity contribution in [2.45, 2.75) is 39.2 Å². The molecule has 1 aromatic rings. The van der Waals surface area contributed by atoms with Gasteiger partial charge < -0.3 is 10.6 Å². The zero-order valence-corrected chi connectivity index (χ0v) is 14.2. The summed E-state index contributed by atoms with van der Waals surface area (Å²) in [5, 5.41) is 6.43. The van der Waals surface area contributed by atoms with Crippen molar-refractivity contribution in [2.24, 2.45) is 11.8 Å². The molecule has 0 saturated carbocycles. The zero-order valence-electron chi connectivity index (χ0n) is 13.3. The Labute approximate surface area is 134 Å². The van der Waals surface area contributed by atoms with Crippen molar-refractivity contribution >= 4 is 18.3 Å². The van der Waals surface area contributed by atoms with Crippen LogP contribution in [0.1, 0.15) is 33.3 Å². The van der Waals surface area contributed by atoms with E-state index in [1.165, 1.54) is 5.56 Å². The normalized spacial score (nSPS) is 18.1. The minimum atomic E-state index is -0.0749. The van der Waals surface area contributed by atoms with Gasteiger partial charge in [0.15, 0.2) is 0 Å². The molecular formula is C17H27ClN2O. The molecule has 2 unspecified atom stereocenters. The summed E-state index contributed by atoms with van der Waals surface area (Å²) >= 11 is 0. The Morgan fingerprint density at radius 2 is 1.81 bits per heavy atom. The Kier molecular flexibility index (Phi) is 6.24. The predicted octanol–water partition coefficient (Wildman–Crippen LogP) is 2.75. The van der Waals surface area contributed by atoms with Gasteiger partial charge in [0.2, 0.25) is 5.91 Å². The number of carbonyl (C=O) groups is 1. The van der Waals surface area contributed by atoms with E-state index < -0.39 is 0 Å². The second-order valence-electron chi connectivity index (χ2n) is 6.52. The van der Waals surface area contributed by atoms with Gasteiger partial charge in [-0.1, -0.05) is 51.1 Å². The summed E-state index contributed by atoms with van der Waals surface area (Å²) in [4.78, 5) is 12.3. The molecule has 21 heavy (non-hydrogen) atoms. The fraction of sp³-hybridized carbons (Fsp3) is 0.588. The second-order valence-corrected chi connectivity index (χ2v) is 6.52. The molecular weight excluding hydrogens is 284 g/mol. The molecule has 2 atom stereocenters. The van der Waals surface area contributed by atoms with Crippen LogP contribution < -0.4 is 10.6 Å². The first-order valence-electron chi connectivity index (χ1n) is 7.49. The molecule has 0 aliphatic carbocycles. The highest BCUT2D eigenvalue weighted by atomic mass is 35.5. The molecule has 1 heterocycles. The average Bonchev–Trinajstić information content (AvgIpc) is 2.37. The van der Waals surface area contributed by atoms with Crippen molar-refractivity contribution in [1.29, 1.82) is 0 Å². The van der Waals surface area contributed by atoms with Crippen LogP contribution in [-0.4, -0.2) is 25.0 Å². The average molecular weight is 311 g/mol. The predicted molar refractivity (Wildman–Crippen MR) is 89.8 cm³/mol. The molecule has 0 radical (unpaired) electrons. The van der Waals surface area contributed by atoms with Crippen LogP contribution in [0.5, 0.6) is 0 Å². The minimum absolute atomic E-state index is 0. The van der Waals surface area contributed by atoms with Crippen molar-refractivity contribution in [3.63, 3.8) is 0 Å². The van der Waals surface area contributed by atoms with Crippen LogP contribution in [0.25, 0.3) is 0 Å². The first-order valence-corrected chi connectivity index (χ1v) is 7.49. The highest BCUT2D eigenvalue weighted by Gasteiger charge is 2.33. The number of rotatable bonds is 5. The summed E-state index contributed by atoms with van der Waals surface area (Å²) in [6, 6.07) is 10.5. The monoisotopic (exact) mass is 310 g/mol. The molecule has 1 fully saturated rings. The first kappa shape index (κ1) is 18.0. The van der Waals surface area contributed by atoms with Gasteiger partial charge >= 0.3 is 0 Å². The summed E-state index contributed by atoms with van der Waals surface area (Å²) in [6.07, 6.45) is 0. The Morgan fingerprint density at radius 3 is 2.29 bits per heavy atom. The zero-order chi connectivity index (χ0) is 14.8. The highest BCUT2D eigenvalue weighted by Crippen LogP contribution is 2.27. The summed E-state index contributed by atoms with van der Waals surface area (Å²) in [7, 11) is 0.